The first-order chi connectivity index (χ1) is 24.6. The highest BCUT2D eigenvalue weighted by Gasteiger charge is 2.14. The van der Waals surface area contributed by atoms with Crippen LogP contribution in [0.25, 0.3) is 94.6 Å². The Morgan fingerprint density at radius 1 is 0.500 bits per heavy atom. The van der Waals surface area contributed by atoms with E-state index >= 15 is 0 Å². The fourth-order valence-electron chi connectivity index (χ4n) is 6.85. The Morgan fingerprint density at radius 3 is 1.70 bits per heavy atom. The zero-order valence-corrected chi connectivity index (χ0v) is 27.4. The predicted octanol–water partition coefficient (Wildman–Crippen LogP) is 11.2. The SMILES string of the molecule is C/C=C\c1ccc2ccc(-c3ccc(-c4ccc5ccc(-c6ccc7ccc(-c8ccccn8)nc7c6)cc5n4)c4ccccc34)nc2c1N. The number of hydrogen-bond donors (Lipinski definition) is 1. The number of rotatable bonds is 5. The van der Waals surface area contributed by atoms with Gasteiger partial charge >= 0.3 is 0 Å². The van der Waals surface area contributed by atoms with Crippen molar-refractivity contribution < 1.29 is 0 Å². The van der Waals surface area contributed by atoms with Gasteiger partial charge in [-0.25, -0.2) is 15.0 Å². The Kier molecular flexibility index (Phi) is 7.10. The molecule has 0 bridgehead atoms. The van der Waals surface area contributed by atoms with Crippen molar-refractivity contribution in [3.63, 3.8) is 0 Å². The number of pyridine rings is 4. The van der Waals surface area contributed by atoms with E-state index < -0.39 is 0 Å². The van der Waals surface area contributed by atoms with E-state index in [-0.39, 0.29) is 0 Å². The summed E-state index contributed by atoms with van der Waals surface area (Å²) in [5.41, 5.74) is 18.8. The second kappa shape index (κ2) is 12.1. The summed E-state index contributed by atoms with van der Waals surface area (Å²) in [7, 11) is 0. The van der Waals surface area contributed by atoms with Gasteiger partial charge in [-0.15, -0.1) is 0 Å². The normalized spacial score (nSPS) is 11.7. The number of hydrogen-bond acceptors (Lipinski definition) is 5. The number of aromatic nitrogens is 4. The molecule has 0 radical (unpaired) electrons. The minimum absolute atomic E-state index is 0.692. The van der Waals surface area contributed by atoms with E-state index in [4.69, 9.17) is 20.7 Å². The number of fused-ring (bicyclic) bond motifs is 4. The van der Waals surface area contributed by atoms with E-state index in [9.17, 15) is 0 Å². The summed E-state index contributed by atoms with van der Waals surface area (Å²) in [5, 5.41) is 5.43. The van der Waals surface area contributed by atoms with Crippen LogP contribution in [0.1, 0.15) is 12.5 Å². The molecule has 5 nitrogen and oxygen atoms in total. The van der Waals surface area contributed by atoms with Crippen LogP contribution < -0.4 is 5.73 Å². The fraction of sp³-hybridized carbons (Fsp3) is 0.0222. The van der Waals surface area contributed by atoms with Crippen LogP contribution in [-0.4, -0.2) is 19.9 Å². The van der Waals surface area contributed by atoms with Gasteiger partial charge in [-0.3, -0.25) is 4.98 Å². The van der Waals surface area contributed by atoms with Gasteiger partial charge in [0, 0.05) is 33.5 Å². The third-order valence-corrected chi connectivity index (χ3v) is 9.40. The summed E-state index contributed by atoms with van der Waals surface area (Å²) < 4.78 is 0. The summed E-state index contributed by atoms with van der Waals surface area (Å²) in [6.45, 7) is 1.99. The van der Waals surface area contributed by atoms with Gasteiger partial charge in [-0.05, 0) is 76.9 Å². The molecule has 9 rings (SSSR count). The lowest BCUT2D eigenvalue weighted by molar-refractivity contribution is 1.28. The smallest absolute Gasteiger partial charge is 0.0944 e. The van der Waals surface area contributed by atoms with Crippen LogP contribution in [0, 0.1) is 0 Å². The molecule has 5 aromatic carbocycles. The van der Waals surface area contributed by atoms with Crippen molar-refractivity contribution >= 4 is 55.2 Å². The van der Waals surface area contributed by atoms with Crippen LogP contribution >= 0.6 is 0 Å². The molecule has 0 aliphatic carbocycles. The van der Waals surface area contributed by atoms with E-state index in [0.717, 1.165) is 94.1 Å². The molecular formula is C45H31N5. The minimum Gasteiger partial charge on any atom is -0.396 e. The van der Waals surface area contributed by atoms with Gasteiger partial charge in [-0.1, -0.05) is 109 Å². The lowest BCUT2D eigenvalue weighted by Gasteiger charge is -2.13. The molecule has 0 aliphatic heterocycles. The van der Waals surface area contributed by atoms with Crippen molar-refractivity contribution in [2.24, 2.45) is 0 Å². The lowest BCUT2D eigenvalue weighted by atomic mass is 9.95. The van der Waals surface area contributed by atoms with Gasteiger partial charge in [0.05, 0.1) is 45.0 Å². The van der Waals surface area contributed by atoms with Gasteiger partial charge in [0.25, 0.3) is 0 Å². The standard InChI is InChI=1S/C45H31N5/c1-2-7-30-13-14-31-19-23-39(50-45(31)44(30)46)37-21-20-36(34-8-3-4-9-35(34)37)38-22-17-28-11-15-32(26-42(28)48-38)33-16-12-29-18-24-41(49-43(29)27-33)40-10-5-6-25-47-40/h2-27H,46H2,1H3/b7-2-. The lowest BCUT2D eigenvalue weighted by Crippen LogP contribution is -1.95. The summed E-state index contributed by atoms with van der Waals surface area (Å²) in [6.07, 6.45) is 5.81. The van der Waals surface area contributed by atoms with Crippen molar-refractivity contribution in [3.8, 4) is 45.0 Å². The number of benzene rings is 5. The molecule has 4 heterocycles. The number of allylic oxidation sites excluding steroid dienone is 1. The van der Waals surface area contributed by atoms with E-state index in [0.29, 0.717) is 5.69 Å². The first kappa shape index (κ1) is 29.4. The molecule has 0 amide bonds. The molecule has 50 heavy (non-hydrogen) atoms. The Morgan fingerprint density at radius 2 is 1.06 bits per heavy atom. The molecule has 4 aromatic heterocycles. The molecule has 0 fully saturated rings. The maximum Gasteiger partial charge on any atom is 0.0944 e. The van der Waals surface area contributed by atoms with Crippen LogP contribution in [0.5, 0.6) is 0 Å². The van der Waals surface area contributed by atoms with Crippen molar-refractivity contribution in [2.45, 2.75) is 6.92 Å². The first-order valence-electron chi connectivity index (χ1n) is 16.7. The molecule has 236 valence electrons. The van der Waals surface area contributed by atoms with Gasteiger partial charge < -0.3 is 5.73 Å². The van der Waals surface area contributed by atoms with Crippen molar-refractivity contribution in [3.05, 3.63) is 157 Å². The average molecular weight is 642 g/mol. The predicted molar refractivity (Wildman–Crippen MR) is 209 cm³/mol. The van der Waals surface area contributed by atoms with E-state index in [1.165, 1.54) is 0 Å². The molecule has 2 N–H and O–H groups in total. The van der Waals surface area contributed by atoms with Crippen LogP contribution in [0.15, 0.2) is 152 Å². The van der Waals surface area contributed by atoms with Gasteiger partial charge in [-0.2, -0.15) is 0 Å². The van der Waals surface area contributed by atoms with Crippen LogP contribution in [0.4, 0.5) is 5.69 Å². The zero-order chi connectivity index (χ0) is 33.6. The molecule has 0 saturated heterocycles. The Labute approximate surface area is 289 Å². The van der Waals surface area contributed by atoms with E-state index in [1.54, 1.807) is 6.20 Å². The van der Waals surface area contributed by atoms with Crippen molar-refractivity contribution in [1.82, 2.24) is 19.9 Å². The second-order valence-corrected chi connectivity index (χ2v) is 12.5. The van der Waals surface area contributed by atoms with Crippen molar-refractivity contribution in [1.29, 1.82) is 0 Å². The molecule has 0 unspecified atom stereocenters. The number of nitrogens with two attached hydrogens (primary N) is 1. The third kappa shape index (κ3) is 5.13. The second-order valence-electron chi connectivity index (χ2n) is 12.5. The summed E-state index contributed by atoms with van der Waals surface area (Å²) in [4.78, 5) is 19.7. The fourth-order valence-corrected chi connectivity index (χ4v) is 6.85. The summed E-state index contributed by atoms with van der Waals surface area (Å²) >= 11 is 0. The molecule has 0 atom stereocenters. The van der Waals surface area contributed by atoms with E-state index in [2.05, 4.69) is 114 Å². The maximum atomic E-state index is 6.58. The van der Waals surface area contributed by atoms with Gasteiger partial charge in [0.2, 0.25) is 0 Å². The van der Waals surface area contributed by atoms with E-state index in [1.807, 2.05) is 49.4 Å². The maximum absolute atomic E-state index is 6.58. The number of nitrogens with zero attached hydrogens (tertiary/aromatic N) is 4. The zero-order valence-electron chi connectivity index (χ0n) is 27.4. The summed E-state index contributed by atoms with van der Waals surface area (Å²) in [5.74, 6) is 0. The topological polar surface area (TPSA) is 77.6 Å². The van der Waals surface area contributed by atoms with Crippen molar-refractivity contribution in [2.75, 3.05) is 5.73 Å². The third-order valence-electron chi connectivity index (χ3n) is 9.40. The monoisotopic (exact) mass is 641 g/mol. The summed E-state index contributed by atoms with van der Waals surface area (Å²) in [6, 6.07) is 48.3. The Hall–Kier alpha value is -6.72. The van der Waals surface area contributed by atoms with Gasteiger partial charge in [0.15, 0.2) is 0 Å². The highest BCUT2D eigenvalue weighted by molar-refractivity contribution is 6.05. The quantitative estimate of drug-likeness (QED) is 0.189. The molecule has 5 heteroatoms. The Bertz CT molecular complexity index is 2790. The highest BCUT2D eigenvalue weighted by Crippen LogP contribution is 2.37. The van der Waals surface area contributed by atoms with Gasteiger partial charge in [0.1, 0.15) is 0 Å². The number of anilines is 1. The molecule has 9 aromatic rings. The molecule has 0 aliphatic rings. The first-order valence-corrected chi connectivity index (χ1v) is 16.7. The molecule has 0 spiro atoms. The molecular weight excluding hydrogens is 611 g/mol. The highest BCUT2D eigenvalue weighted by atomic mass is 14.8. The largest absolute Gasteiger partial charge is 0.396 e. The molecule has 0 saturated carbocycles. The minimum atomic E-state index is 0.692. The van der Waals surface area contributed by atoms with Crippen LogP contribution in [0.3, 0.4) is 0 Å². The van der Waals surface area contributed by atoms with Crippen LogP contribution in [0.2, 0.25) is 0 Å². The Balaban J connectivity index is 1.11. The average Bonchev–Trinajstić information content (AvgIpc) is 3.18. The number of nitrogen functional groups attached to an aromatic ring is 1. The van der Waals surface area contributed by atoms with Crippen LogP contribution in [-0.2, 0) is 0 Å².